The van der Waals surface area contributed by atoms with Crippen molar-refractivity contribution < 1.29 is 28.6 Å². The van der Waals surface area contributed by atoms with Crippen LogP contribution in [0.25, 0.3) is 21.2 Å². The highest BCUT2D eigenvalue weighted by molar-refractivity contribution is 7.22. The Morgan fingerprint density at radius 1 is 1.07 bits per heavy atom. The lowest BCUT2D eigenvalue weighted by molar-refractivity contribution is -0.117. The molecule has 6 rings (SSSR count). The lowest BCUT2D eigenvalue weighted by atomic mass is 9.95. The largest absolute Gasteiger partial charge is 0.503 e. The summed E-state index contributed by atoms with van der Waals surface area (Å²) in [4.78, 5) is 33.8. The van der Waals surface area contributed by atoms with Gasteiger partial charge < -0.3 is 19.0 Å². The molecule has 1 atom stereocenters. The third-order valence-corrected chi connectivity index (χ3v) is 8.37. The van der Waals surface area contributed by atoms with Gasteiger partial charge in [0.25, 0.3) is 5.91 Å². The van der Waals surface area contributed by atoms with Crippen LogP contribution in [-0.2, 0) is 4.79 Å². The van der Waals surface area contributed by atoms with E-state index in [0.29, 0.717) is 34.4 Å². The number of thiazole rings is 1. The molecular formula is C33H30N2O6S. The van der Waals surface area contributed by atoms with E-state index in [1.165, 1.54) is 16.2 Å². The molecule has 1 aliphatic rings. The van der Waals surface area contributed by atoms with Crippen molar-refractivity contribution >= 4 is 49.3 Å². The zero-order chi connectivity index (χ0) is 29.4. The number of fused-ring (bicyclic) bond motifs is 2. The molecule has 0 aliphatic carbocycles. The highest BCUT2D eigenvalue weighted by atomic mass is 32.1. The van der Waals surface area contributed by atoms with Gasteiger partial charge in [-0.3, -0.25) is 14.5 Å². The number of furan rings is 1. The summed E-state index contributed by atoms with van der Waals surface area (Å²) < 4.78 is 18.4. The second-order valence-corrected chi connectivity index (χ2v) is 11.3. The first-order valence-electron chi connectivity index (χ1n) is 13.9. The minimum atomic E-state index is -0.983. The van der Waals surface area contributed by atoms with Gasteiger partial charge in [-0.05, 0) is 60.9 Å². The molecule has 0 unspecified atom stereocenters. The highest BCUT2D eigenvalue weighted by Gasteiger charge is 2.47. The van der Waals surface area contributed by atoms with Gasteiger partial charge in [-0.2, -0.15) is 0 Å². The van der Waals surface area contributed by atoms with Gasteiger partial charge in [-0.15, -0.1) is 0 Å². The number of ketones is 1. The SMILES string of the molecule is CCCCCOc1ccc([C@H]2C(C(=O)c3cc4ccccc4o3)=C(O)C(=O)N2c2nc3ccc(C)cc3s2)cc1OC. The molecule has 0 bridgehead atoms. The Morgan fingerprint density at radius 3 is 2.69 bits per heavy atom. The quantitative estimate of drug-likeness (QED) is 0.133. The Labute approximate surface area is 246 Å². The Balaban J connectivity index is 1.46. The van der Waals surface area contributed by atoms with E-state index in [9.17, 15) is 14.7 Å². The molecule has 0 spiro atoms. The molecule has 3 heterocycles. The lowest BCUT2D eigenvalue weighted by Crippen LogP contribution is -2.31. The first-order chi connectivity index (χ1) is 20.4. The molecule has 1 aliphatic heterocycles. The molecule has 0 saturated heterocycles. The number of hydrogen-bond donors (Lipinski definition) is 1. The van der Waals surface area contributed by atoms with E-state index in [4.69, 9.17) is 18.9 Å². The Kier molecular flexibility index (Phi) is 7.43. The number of Topliss-reactive ketones (excluding diaryl/α,β-unsaturated/α-hetero) is 1. The van der Waals surface area contributed by atoms with Crippen LogP contribution in [0.2, 0.25) is 0 Å². The normalized spacial score (nSPS) is 15.3. The van der Waals surface area contributed by atoms with Crippen molar-refractivity contribution in [1.29, 1.82) is 0 Å². The van der Waals surface area contributed by atoms with Crippen molar-refractivity contribution in [2.75, 3.05) is 18.6 Å². The van der Waals surface area contributed by atoms with Gasteiger partial charge in [-0.25, -0.2) is 4.98 Å². The van der Waals surface area contributed by atoms with E-state index in [0.717, 1.165) is 40.4 Å². The fraction of sp³-hybridized carbons (Fsp3) is 0.242. The van der Waals surface area contributed by atoms with Crippen LogP contribution in [0.5, 0.6) is 11.5 Å². The summed E-state index contributed by atoms with van der Waals surface area (Å²) >= 11 is 1.32. The number of benzene rings is 3. The number of ether oxygens (including phenoxy) is 2. The summed E-state index contributed by atoms with van der Waals surface area (Å²) in [6, 6.07) is 19.0. The van der Waals surface area contributed by atoms with Gasteiger partial charge >= 0.3 is 0 Å². The summed E-state index contributed by atoms with van der Waals surface area (Å²) in [7, 11) is 1.54. The number of carbonyl (C=O) groups is 2. The summed E-state index contributed by atoms with van der Waals surface area (Å²) in [6.07, 6.45) is 3.04. The van der Waals surface area contributed by atoms with Crippen molar-refractivity contribution in [1.82, 2.24) is 4.98 Å². The number of methoxy groups -OCH3 is 1. The Hall–Kier alpha value is -4.63. The van der Waals surface area contributed by atoms with Crippen LogP contribution in [0.1, 0.15) is 53.9 Å². The molecule has 9 heteroatoms. The van der Waals surface area contributed by atoms with Crippen molar-refractivity contribution in [2.24, 2.45) is 0 Å². The number of anilines is 1. The van der Waals surface area contributed by atoms with Crippen molar-refractivity contribution in [3.05, 3.63) is 94.9 Å². The maximum absolute atomic E-state index is 14.0. The first kappa shape index (κ1) is 27.5. The number of unbranched alkanes of at least 4 members (excludes halogenated alkanes) is 2. The summed E-state index contributed by atoms with van der Waals surface area (Å²) in [6.45, 7) is 4.65. The van der Waals surface area contributed by atoms with Gasteiger partial charge in [0.05, 0.1) is 35.5 Å². The maximum Gasteiger partial charge on any atom is 0.296 e. The monoisotopic (exact) mass is 582 g/mol. The summed E-state index contributed by atoms with van der Waals surface area (Å²) in [5, 5.41) is 12.3. The summed E-state index contributed by atoms with van der Waals surface area (Å²) in [5.74, 6) is -0.894. The molecule has 42 heavy (non-hydrogen) atoms. The molecule has 0 saturated carbocycles. The van der Waals surface area contributed by atoms with E-state index < -0.39 is 23.5 Å². The van der Waals surface area contributed by atoms with Gasteiger partial charge in [0.2, 0.25) is 5.78 Å². The summed E-state index contributed by atoms with van der Waals surface area (Å²) in [5.41, 5.74) is 2.78. The van der Waals surface area contributed by atoms with E-state index in [1.54, 1.807) is 37.4 Å². The van der Waals surface area contributed by atoms with Gasteiger partial charge in [0.1, 0.15) is 5.58 Å². The minimum absolute atomic E-state index is 0.0279. The third-order valence-electron chi connectivity index (χ3n) is 7.35. The average Bonchev–Trinajstić information content (AvgIpc) is 3.69. The van der Waals surface area contributed by atoms with Crippen LogP contribution in [0.15, 0.2) is 82.5 Å². The molecule has 1 N–H and O–H groups in total. The number of amides is 1. The number of nitrogens with zero attached hydrogens (tertiary/aromatic N) is 2. The van der Waals surface area contributed by atoms with Crippen LogP contribution in [-0.4, -0.2) is 35.5 Å². The van der Waals surface area contributed by atoms with Crippen LogP contribution in [0, 0.1) is 6.92 Å². The number of aryl methyl sites for hydroxylation is 1. The predicted octanol–water partition coefficient (Wildman–Crippen LogP) is 7.71. The fourth-order valence-electron chi connectivity index (χ4n) is 5.21. The zero-order valence-electron chi connectivity index (χ0n) is 23.5. The smallest absolute Gasteiger partial charge is 0.296 e. The third kappa shape index (κ3) is 4.90. The average molecular weight is 583 g/mol. The molecular weight excluding hydrogens is 552 g/mol. The number of aromatic nitrogens is 1. The van der Waals surface area contributed by atoms with Gasteiger partial charge in [0, 0.05) is 5.39 Å². The predicted molar refractivity (Wildman–Crippen MR) is 163 cm³/mol. The zero-order valence-corrected chi connectivity index (χ0v) is 24.4. The number of rotatable bonds is 10. The highest BCUT2D eigenvalue weighted by Crippen LogP contribution is 2.46. The van der Waals surface area contributed by atoms with E-state index in [2.05, 4.69) is 6.92 Å². The van der Waals surface area contributed by atoms with Gasteiger partial charge in [-0.1, -0.05) is 61.4 Å². The number of para-hydroxylation sites is 1. The fourth-order valence-corrected chi connectivity index (χ4v) is 6.30. The van der Waals surface area contributed by atoms with Crippen molar-refractivity contribution in [3.63, 3.8) is 0 Å². The van der Waals surface area contributed by atoms with Crippen LogP contribution in [0.3, 0.4) is 0 Å². The molecule has 5 aromatic rings. The topological polar surface area (TPSA) is 102 Å². The van der Waals surface area contributed by atoms with Crippen LogP contribution >= 0.6 is 11.3 Å². The minimum Gasteiger partial charge on any atom is -0.503 e. The van der Waals surface area contributed by atoms with E-state index in [1.807, 2.05) is 43.3 Å². The second kappa shape index (κ2) is 11.3. The van der Waals surface area contributed by atoms with Gasteiger partial charge in [0.15, 0.2) is 28.1 Å². The molecule has 3 aromatic carbocycles. The lowest BCUT2D eigenvalue weighted by Gasteiger charge is -2.25. The number of aliphatic hydroxyl groups is 1. The van der Waals surface area contributed by atoms with Crippen molar-refractivity contribution in [2.45, 2.75) is 39.2 Å². The molecule has 2 aromatic heterocycles. The van der Waals surface area contributed by atoms with Crippen molar-refractivity contribution in [3.8, 4) is 11.5 Å². The molecule has 0 fully saturated rings. The van der Waals surface area contributed by atoms with Crippen LogP contribution in [0.4, 0.5) is 5.13 Å². The van der Waals surface area contributed by atoms with Crippen LogP contribution < -0.4 is 14.4 Å². The number of hydrogen-bond acceptors (Lipinski definition) is 8. The van der Waals surface area contributed by atoms with E-state index in [-0.39, 0.29) is 11.3 Å². The molecule has 8 nitrogen and oxygen atoms in total. The molecule has 214 valence electrons. The van der Waals surface area contributed by atoms with E-state index >= 15 is 0 Å². The molecule has 1 amide bonds. The maximum atomic E-state index is 14.0. The molecule has 0 radical (unpaired) electrons. The number of aliphatic hydroxyl groups excluding tert-OH is 1. The standard InChI is InChI=1S/C33H30N2O6S/c1-4-5-8-15-40-24-14-12-21(18-25(24)39-3)29-28(30(36)26-17-20-9-6-7-10-23(20)41-26)31(37)32(38)35(29)33-34-22-13-11-19(2)16-27(22)42-33/h6-7,9-14,16-18,29,37H,4-5,8,15H2,1-3H3/t29-/m0/s1. The second-order valence-electron chi connectivity index (χ2n) is 10.3. The number of carbonyl (C=O) groups excluding carboxylic acids is 2. The Bertz CT molecular complexity index is 1820. The first-order valence-corrected chi connectivity index (χ1v) is 14.7. The Morgan fingerprint density at radius 2 is 1.90 bits per heavy atom.